The van der Waals surface area contributed by atoms with Crippen LogP contribution in [0.25, 0.3) is 0 Å². The van der Waals surface area contributed by atoms with Crippen LogP contribution in [0, 0.1) is 11.8 Å². The second kappa shape index (κ2) is 8.11. The molecule has 2 saturated heterocycles. The number of piperidine rings is 1. The van der Waals surface area contributed by atoms with Crippen molar-refractivity contribution >= 4 is 11.8 Å². The van der Waals surface area contributed by atoms with Crippen LogP contribution in [-0.4, -0.2) is 54.4 Å². The van der Waals surface area contributed by atoms with Gasteiger partial charge in [-0.05, 0) is 56.2 Å². The third kappa shape index (κ3) is 4.19. The molecule has 5 nitrogen and oxygen atoms in total. The summed E-state index contributed by atoms with van der Waals surface area (Å²) in [6, 6.07) is 7.96. The van der Waals surface area contributed by atoms with Crippen molar-refractivity contribution < 1.29 is 14.3 Å². The monoisotopic (exact) mass is 358 g/mol. The van der Waals surface area contributed by atoms with Crippen LogP contribution >= 0.6 is 0 Å². The molecule has 0 bridgehead atoms. The Morgan fingerprint density at radius 3 is 2.50 bits per heavy atom. The van der Waals surface area contributed by atoms with E-state index in [2.05, 4.69) is 13.8 Å². The minimum Gasteiger partial charge on any atom is -0.497 e. The van der Waals surface area contributed by atoms with Crippen LogP contribution < -0.4 is 4.74 Å². The first-order chi connectivity index (χ1) is 12.5. The van der Waals surface area contributed by atoms with Crippen LogP contribution in [0.2, 0.25) is 0 Å². The molecule has 2 atom stereocenters. The number of fused-ring (bicyclic) bond motifs is 1. The number of methoxy groups -OCH3 is 1. The highest BCUT2D eigenvalue weighted by molar-refractivity contribution is 5.79. The standard InChI is InChI=1S/C21H30N2O3/c1-15(2)23-11-9-18-14-22(10-8-17(18)13-21(23)25)20(24)12-16-4-6-19(26-3)7-5-16/h4-7,15,17-18H,8-14H2,1-3H3/t17-,18+/m0/s1. The summed E-state index contributed by atoms with van der Waals surface area (Å²) in [6.07, 6.45) is 3.01. The SMILES string of the molecule is COc1ccc(CC(=O)N2CC[C@H]3CC(=O)N(C(C)C)CC[C@@H]3C2)cc1. The molecule has 0 N–H and O–H groups in total. The van der Waals surface area contributed by atoms with Crippen molar-refractivity contribution in [3.8, 4) is 5.75 Å². The van der Waals surface area contributed by atoms with Gasteiger partial charge in [0, 0.05) is 32.1 Å². The predicted octanol–water partition coefficient (Wildman–Crippen LogP) is 2.73. The number of carbonyl (C=O) groups excluding carboxylic acids is 2. The molecular weight excluding hydrogens is 328 g/mol. The highest BCUT2D eigenvalue weighted by atomic mass is 16.5. The van der Waals surface area contributed by atoms with E-state index in [0.29, 0.717) is 24.7 Å². The molecule has 3 rings (SSSR count). The molecule has 0 radical (unpaired) electrons. The van der Waals surface area contributed by atoms with E-state index in [0.717, 1.165) is 43.8 Å². The van der Waals surface area contributed by atoms with E-state index < -0.39 is 0 Å². The molecular formula is C21H30N2O3. The van der Waals surface area contributed by atoms with E-state index in [1.807, 2.05) is 34.1 Å². The Kier molecular flexibility index (Phi) is 5.84. The van der Waals surface area contributed by atoms with Crippen molar-refractivity contribution in [1.29, 1.82) is 0 Å². The average Bonchev–Trinajstić information content (AvgIpc) is 2.79. The summed E-state index contributed by atoms with van der Waals surface area (Å²) in [5, 5.41) is 0. The first-order valence-electron chi connectivity index (χ1n) is 9.68. The van der Waals surface area contributed by atoms with Gasteiger partial charge in [0.2, 0.25) is 11.8 Å². The van der Waals surface area contributed by atoms with Crippen LogP contribution in [0.15, 0.2) is 24.3 Å². The first-order valence-corrected chi connectivity index (χ1v) is 9.68. The van der Waals surface area contributed by atoms with Crippen LogP contribution in [0.1, 0.15) is 38.7 Å². The molecule has 142 valence electrons. The maximum absolute atomic E-state index is 12.7. The second-order valence-corrected chi connectivity index (χ2v) is 7.85. The van der Waals surface area contributed by atoms with Gasteiger partial charge in [-0.25, -0.2) is 0 Å². The molecule has 2 amide bonds. The van der Waals surface area contributed by atoms with Gasteiger partial charge < -0.3 is 14.5 Å². The van der Waals surface area contributed by atoms with Gasteiger partial charge in [0.15, 0.2) is 0 Å². The summed E-state index contributed by atoms with van der Waals surface area (Å²) < 4.78 is 5.17. The van der Waals surface area contributed by atoms with E-state index in [-0.39, 0.29) is 17.9 Å². The fraction of sp³-hybridized carbons (Fsp3) is 0.619. The number of hydrogen-bond acceptors (Lipinski definition) is 3. The molecule has 2 aliphatic heterocycles. The van der Waals surface area contributed by atoms with Gasteiger partial charge in [-0.2, -0.15) is 0 Å². The summed E-state index contributed by atoms with van der Waals surface area (Å²) in [4.78, 5) is 29.2. The summed E-state index contributed by atoms with van der Waals surface area (Å²) in [5.74, 6) is 2.14. The summed E-state index contributed by atoms with van der Waals surface area (Å²) >= 11 is 0. The topological polar surface area (TPSA) is 49.9 Å². The Labute approximate surface area is 156 Å². The zero-order valence-electron chi connectivity index (χ0n) is 16.1. The number of ether oxygens (including phenoxy) is 1. The lowest BCUT2D eigenvalue weighted by Crippen LogP contribution is -2.44. The lowest BCUT2D eigenvalue weighted by molar-refractivity contribution is -0.134. The normalized spacial score (nSPS) is 23.6. The zero-order valence-corrected chi connectivity index (χ0v) is 16.1. The van der Waals surface area contributed by atoms with Crippen LogP contribution in [0.4, 0.5) is 0 Å². The molecule has 0 unspecified atom stereocenters. The first kappa shape index (κ1) is 18.7. The number of amides is 2. The highest BCUT2D eigenvalue weighted by Crippen LogP contribution is 2.33. The van der Waals surface area contributed by atoms with Gasteiger partial charge in [-0.3, -0.25) is 9.59 Å². The molecule has 0 aliphatic carbocycles. The Balaban J connectivity index is 1.59. The van der Waals surface area contributed by atoms with Crippen molar-refractivity contribution in [2.45, 2.75) is 45.6 Å². The number of rotatable bonds is 4. The minimum absolute atomic E-state index is 0.185. The molecule has 26 heavy (non-hydrogen) atoms. The van der Waals surface area contributed by atoms with E-state index in [1.54, 1.807) is 7.11 Å². The minimum atomic E-state index is 0.185. The fourth-order valence-electron chi connectivity index (χ4n) is 4.25. The lowest BCUT2D eigenvalue weighted by Gasteiger charge is -2.37. The lowest BCUT2D eigenvalue weighted by atomic mass is 9.82. The van der Waals surface area contributed by atoms with E-state index in [4.69, 9.17) is 4.74 Å². The Bertz CT molecular complexity index is 641. The highest BCUT2D eigenvalue weighted by Gasteiger charge is 2.36. The van der Waals surface area contributed by atoms with E-state index >= 15 is 0 Å². The average molecular weight is 358 g/mol. The molecule has 0 spiro atoms. The van der Waals surface area contributed by atoms with E-state index in [1.165, 1.54) is 0 Å². The molecule has 2 aliphatic rings. The largest absolute Gasteiger partial charge is 0.497 e. The fourth-order valence-corrected chi connectivity index (χ4v) is 4.25. The van der Waals surface area contributed by atoms with Gasteiger partial charge in [0.05, 0.1) is 13.5 Å². The third-order valence-electron chi connectivity index (χ3n) is 5.88. The van der Waals surface area contributed by atoms with Crippen LogP contribution in [0.5, 0.6) is 5.75 Å². The number of nitrogens with zero attached hydrogens (tertiary/aromatic N) is 2. The van der Waals surface area contributed by atoms with Crippen LogP contribution in [-0.2, 0) is 16.0 Å². The van der Waals surface area contributed by atoms with Gasteiger partial charge in [0.1, 0.15) is 5.75 Å². The summed E-state index contributed by atoms with van der Waals surface area (Å²) in [7, 11) is 1.64. The Morgan fingerprint density at radius 1 is 1.15 bits per heavy atom. The maximum atomic E-state index is 12.7. The Hall–Kier alpha value is -2.04. The Morgan fingerprint density at radius 2 is 1.85 bits per heavy atom. The molecule has 1 aromatic carbocycles. The van der Waals surface area contributed by atoms with Crippen molar-refractivity contribution in [2.24, 2.45) is 11.8 Å². The predicted molar refractivity (Wildman–Crippen MR) is 101 cm³/mol. The number of carbonyl (C=O) groups is 2. The van der Waals surface area contributed by atoms with Crippen molar-refractivity contribution in [3.63, 3.8) is 0 Å². The molecule has 2 fully saturated rings. The van der Waals surface area contributed by atoms with Gasteiger partial charge >= 0.3 is 0 Å². The molecule has 0 saturated carbocycles. The molecule has 0 aromatic heterocycles. The van der Waals surface area contributed by atoms with Gasteiger partial charge in [-0.15, -0.1) is 0 Å². The summed E-state index contributed by atoms with van der Waals surface area (Å²) in [5.41, 5.74) is 1.01. The second-order valence-electron chi connectivity index (χ2n) is 7.85. The molecule has 1 aromatic rings. The molecule has 5 heteroatoms. The number of likely N-dealkylation sites (tertiary alicyclic amines) is 2. The van der Waals surface area contributed by atoms with Gasteiger partial charge in [-0.1, -0.05) is 12.1 Å². The number of benzene rings is 1. The third-order valence-corrected chi connectivity index (χ3v) is 5.88. The quantitative estimate of drug-likeness (QED) is 0.832. The molecule has 2 heterocycles. The summed E-state index contributed by atoms with van der Waals surface area (Å²) in [6.45, 7) is 6.54. The maximum Gasteiger partial charge on any atom is 0.226 e. The number of hydrogen-bond donors (Lipinski definition) is 0. The van der Waals surface area contributed by atoms with Crippen molar-refractivity contribution in [1.82, 2.24) is 9.80 Å². The van der Waals surface area contributed by atoms with Crippen LogP contribution in [0.3, 0.4) is 0 Å². The van der Waals surface area contributed by atoms with E-state index in [9.17, 15) is 9.59 Å². The smallest absolute Gasteiger partial charge is 0.226 e. The van der Waals surface area contributed by atoms with Gasteiger partial charge in [0.25, 0.3) is 0 Å². The van der Waals surface area contributed by atoms with Crippen molar-refractivity contribution in [2.75, 3.05) is 26.7 Å². The zero-order chi connectivity index (χ0) is 18.7. The van der Waals surface area contributed by atoms with Crippen molar-refractivity contribution in [3.05, 3.63) is 29.8 Å².